The van der Waals surface area contributed by atoms with E-state index in [1.807, 2.05) is 0 Å². The average molecular weight is 403 g/mol. The fraction of sp³-hybridized carbons (Fsp3) is 0.316. The number of amides is 2. The maximum absolute atomic E-state index is 12.8. The number of aliphatic hydroxyl groups excluding tert-OH is 1. The Morgan fingerprint density at radius 3 is 2.48 bits per heavy atom. The molecular weight excluding hydrogens is 382 g/mol. The number of hydrogen-bond donors (Lipinski definition) is 2. The number of hydrogen-bond acceptors (Lipinski definition) is 7. The molecule has 0 bridgehead atoms. The predicted molar refractivity (Wildman–Crippen MR) is 104 cm³/mol. The fourth-order valence-corrected chi connectivity index (χ4v) is 3.32. The van der Waals surface area contributed by atoms with Crippen molar-refractivity contribution in [2.75, 3.05) is 33.2 Å². The molecule has 10 heteroatoms. The van der Waals surface area contributed by atoms with Crippen LogP contribution in [0, 0.1) is 10.1 Å². The number of aliphatic hydroxyl groups is 1. The predicted octanol–water partition coefficient (Wildman–Crippen LogP) is 2.70. The third kappa shape index (κ3) is 3.87. The van der Waals surface area contributed by atoms with Gasteiger partial charge in [0.05, 0.1) is 45.4 Å². The molecule has 0 fully saturated rings. The number of fused-ring (bicyclic) bond motifs is 1. The first-order chi connectivity index (χ1) is 13.9. The zero-order valence-electron chi connectivity index (χ0n) is 16.2. The van der Waals surface area contributed by atoms with Crippen molar-refractivity contribution >= 4 is 17.4 Å². The zero-order valence-corrected chi connectivity index (χ0v) is 16.2. The van der Waals surface area contributed by atoms with Crippen LogP contribution in [0.4, 0.5) is 16.2 Å². The molecule has 1 heterocycles. The number of nitrogens with zero attached hydrogens (tertiary/aromatic N) is 2. The van der Waals surface area contributed by atoms with E-state index >= 15 is 0 Å². The van der Waals surface area contributed by atoms with Gasteiger partial charge in [-0.25, -0.2) is 4.79 Å². The number of nitro groups is 1. The van der Waals surface area contributed by atoms with E-state index in [0.717, 1.165) is 0 Å². The van der Waals surface area contributed by atoms with Crippen LogP contribution in [0.1, 0.15) is 17.2 Å². The summed E-state index contributed by atoms with van der Waals surface area (Å²) in [6.07, 6.45) is -1.000. The van der Waals surface area contributed by atoms with Crippen LogP contribution in [0.15, 0.2) is 30.3 Å². The number of urea groups is 1. The van der Waals surface area contributed by atoms with Gasteiger partial charge in [-0.3, -0.25) is 10.1 Å². The maximum atomic E-state index is 12.8. The number of carbonyl (C=O) groups excluding carboxylic acids is 1. The van der Waals surface area contributed by atoms with Crippen molar-refractivity contribution in [2.45, 2.75) is 12.6 Å². The van der Waals surface area contributed by atoms with Crippen molar-refractivity contribution in [3.05, 3.63) is 51.6 Å². The number of carbonyl (C=O) groups is 1. The molecule has 2 aromatic rings. The largest absolute Gasteiger partial charge is 0.496 e. The number of nitrogens with one attached hydrogen (secondary N) is 1. The van der Waals surface area contributed by atoms with Crippen LogP contribution in [-0.2, 0) is 6.54 Å². The SMILES string of the molecule is COc1ccc(NC(=O)N2Cc3c(OC)ccc(OC)c3[C@H](O)C2)c([N+](=O)[O-])c1. The summed E-state index contributed by atoms with van der Waals surface area (Å²) in [7, 11) is 4.39. The molecule has 1 atom stereocenters. The molecule has 0 spiro atoms. The van der Waals surface area contributed by atoms with Crippen LogP contribution in [0.25, 0.3) is 0 Å². The number of ether oxygens (including phenoxy) is 3. The van der Waals surface area contributed by atoms with Gasteiger partial charge in [0.15, 0.2) is 0 Å². The highest BCUT2D eigenvalue weighted by molar-refractivity contribution is 5.92. The molecule has 1 aliphatic rings. The molecule has 0 saturated heterocycles. The highest BCUT2D eigenvalue weighted by Crippen LogP contribution is 2.39. The standard InChI is InChI=1S/C19H21N3O7/c1-27-11-4-5-13(14(8-11)22(25)26)20-19(24)21-9-12-16(28-2)6-7-17(29-3)18(12)15(23)10-21/h4-8,15,23H,9-10H2,1-3H3,(H,20,24)/t15-/m1/s1. The van der Waals surface area contributed by atoms with E-state index in [9.17, 15) is 20.0 Å². The molecular formula is C19H21N3O7. The smallest absolute Gasteiger partial charge is 0.322 e. The number of benzene rings is 2. The normalized spacial score (nSPS) is 15.3. The first kappa shape index (κ1) is 20.2. The summed E-state index contributed by atoms with van der Waals surface area (Å²) in [5.41, 5.74) is 0.907. The van der Waals surface area contributed by atoms with Gasteiger partial charge in [0, 0.05) is 11.1 Å². The topological polar surface area (TPSA) is 123 Å². The Morgan fingerprint density at radius 2 is 1.86 bits per heavy atom. The van der Waals surface area contributed by atoms with Crippen LogP contribution >= 0.6 is 0 Å². The number of anilines is 1. The second-order valence-corrected chi connectivity index (χ2v) is 6.33. The summed E-state index contributed by atoms with van der Waals surface area (Å²) >= 11 is 0. The van der Waals surface area contributed by atoms with Crippen LogP contribution in [0.5, 0.6) is 17.2 Å². The van der Waals surface area contributed by atoms with Crippen LogP contribution in [-0.4, -0.2) is 48.8 Å². The van der Waals surface area contributed by atoms with Crippen molar-refractivity contribution in [3.8, 4) is 17.2 Å². The van der Waals surface area contributed by atoms with E-state index in [1.54, 1.807) is 12.1 Å². The first-order valence-corrected chi connectivity index (χ1v) is 8.69. The molecule has 1 aliphatic heterocycles. The molecule has 2 amide bonds. The Bertz CT molecular complexity index is 948. The molecule has 2 aromatic carbocycles. The van der Waals surface area contributed by atoms with Crippen molar-refractivity contribution in [3.63, 3.8) is 0 Å². The van der Waals surface area contributed by atoms with E-state index in [2.05, 4.69) is 5.32 Å². The van der Waals surface area contributed by atoms with Gasteiger partial charge in [-0.05, 0) is 24.3 Å². The fourth-order valence-electron chi connectivity index (χ4n) is 3.32. The maximum Gasteiger partial charge on any atom is 0.322 e. The van der Waals surface area contributed by atoms with Gasteiger partial charge >= 0.3 is 6.03 Å². The lowest BCUT2D eigenvalue weighted by Crippen LogP contribution is -2.41. The Kier molecular flexibility index (Phi) is 5.74. The number of β-amino-alcohol motifs (C(OH)–C–C–N with tert-alkyl or cyclic N) is 1. The lowest BCUT2D eigenvalue weighted by atomic mass is 9.95. The summed E-state index contributed by atoms with van der Waals surface area (Å²) in [6.45, 7) is 0.134. The minimum Gasteiger partial charge on any atom is -0.496 e. The average Bonchev–Trinajstić information content (AvgIpc) is 2.72. The summed E-state index contributed by atoms with van der Waals surface area (Å²) in [5.74, 6) is 1.31. The monoisotopic (exact) mass is 403 g/mol. The van der Waals surface area contributed by atoms with Gasteiger partial charge in [0.2, 0.25) is 0 Å². The molecule has 0 radical (unpaired) electrons. The number of rotatable bonds is 5. The third-order valence-electron chi connectivity index (χ3n) is 4.72. The summed E-state index contributed by atoms with van der Waals surface area (Å²) < 4.78 is 15.7. The summed E-state index contributed by atoms with van der Waals surface area (Å²) in [5, 5.41) is 24.5. The van der Waals surface area contributed by atoms with Gasteiger partial charge in [0.1, 0.15) is 29.0 Å². The van der Waals surface area contributed by atoms with Crippen molar-refractivity contribution in [1.29, 1.82) is 0 Å². The Morgan fingerprint density at radius 1 is 1.17 bits per heavy atom. The molecule has 2 N–H and O–H groups in total. The minimum atomic E-state index is -1.000. The van der Waals surface area contributed by atoms with Gasteiger partial charge in [-0.2, -0.15) is 0 Å². The quantitative estimate of drug-likeness (QED) is 0.581. The molecule has 3 rings (SSSR count). The Balaban J connectivity index is 1.89. The lowest BCUT2D eigenvalue weighted by molar-refractivity contribution is -0.384. The summed E-state index contributed by atoms with van der Waals surface area (Å²) in [6, 6.07) is 6.93. The van der Waals surface area contributed by atoms with E-state index in [0.29, 0.717) is 28.4 Å². The van der Waals surface area contributed by atoms with Crippen molar-refractivity contribution in [2.24, 2.45) is 0 Å². The lowest BCUT2D eigenvalue weighted by Gasteiger charge is -2.33. The van der Waals surface area contributed by atoms with Crippen molar-refractivity contribution < 1.29 is 29.0 Å². The Hall–Kier alpha value is -3.53. The minimum absolute atomic E-state index is 0.00763. The number of nitro benzene ring substituents is 1. The van der Waals surface area contributed by atoms with E-state index in [4.69, 9.17) is 14.2 Å². The van der Waals surface area contributed by atoms with Crippen LogP contribution in [0.2, 0.25) is 0 Å². The first-order valence-electron chi connectivity index (χ1n) is 8.69. The van der Waals surface area contributed by atoms with Gasteiger partial charge in [0.25, 0.3) is 5.69 Å². The zero-order chi connectivity index (χ0) is 21.1. The van der Waals surface area contributed by atoms with Crippen LogP contribution < -0.4 is 19.5 Å². The number of methoxy groups -OCH3 is 3. The highest BCUT2D eigenvalue weighted by atomic mass is 16.6. The van der Waals surface area contributed by atoms with E-state index in [-0.39, 0.29) is 24.5 Å². The Labute approximate surface area is 166 Å². The van der Waals surface area contributed by atoms with Crippen molar-refractivity contribution in [1.82, 2.24) is 4.90 Å². The van der Waals surface area contributed by atoms with Gasteiger partial charge < -0.3 is 29.5 Å². The van der Waals surface area contributed by atoms with Gasteiger partial charge in [-0.1, -0.05) is 0 Å². The van der Waals surface area contributed by atoms with E-state index in [1.165, 1.54) is 44.4 Å². The molecule has 0 unspecified atom stereocenters. The second kappa shape index (κ2) is 8.23. The molecule has 0 saturated carbocycles. The van der Waals surface area contributed by atoms with Gasteiger partial charge in [-0.15, -0.1) is 0 Å². The molecule has 10 nitrogen and oxygen atoms in total. The second-order valence-electron chi connectivity index (χ2n) is 6.33. The molecule has 0 aliphatic carbocycles. The van der Waals surface area contributed by atoms with Crippen LogP contribution in [0.3, 0.4) is 0 Å². The summed E-state index contributed by atoms with van der Waals surface area (Å²) in [4.78, 5) is 24.9. The molecule has 0 aromatic heterocycles. The highest BCUT2D eigenvalue weighted by Gasteiger charge is 2.32. The molecule has 29 heavy (non-hydrogen) atoms. The van der Waals surface area contributed by atoms with E-state index < -0.39 is 17.1 Å². The third-order valence-corrected chi connectivity index (χ3v) is 4.72. The molecule has 154 valence electrons.